The Balaban J connectivity index is 1.70. The largest absolute Gasteiger partial charge is 0.393 e. The van der Waals surface area contributed by atoms with Crippen LogP contribution in [0, 0.1) is 5.82 Å². The zero-order valence-corrected chi connectivity index (χ0v) is 22.8. The molecule has 2 unspecified atom stereocenters. The first-order valence-electron chi connectivity index (χ1n) is 13.8. The monoisotopic (exact) mass is 542 g/mol. The molecule has 40 heavy (non-hydrogen) atoms. The first-order chi connectivity index (χ1) is 19.3. The molecule has 6 nitrogen and oxygen atoms in total. The minimum atomic E-state index is -1.01. The molecule has 3 N–H and O–H groups in total. The van der Waals surface area contributed by atoms with Gasteiger partial charge in [-0.25, -0.2) is 4.39 Å². The van der Waals surface area contributed by atoms with Crippen LogP contribution in [-0.4, -0.2) is 39.2 Å². The van der Waals surface area contributed by atoms with E-state index >= 15 is 0 Å². The number of nitrogens with zero attached hydrogens (tertiary/aromatic N) is 1. The maximum absolute atomic E-state index is 14.1. The van der Waals surface area contributed by atoms with Crippen molar-refractivity contribution in [3.63, 3.8) is 0 Å². The van der Waals surface area contributed by atoms with Crippen molar-refractivity contribution >= 4 is 11.6 Å². The number of amides is 1. The molecular weight excluding hydrogens is 507 g/mol. The number of halogens is 1. The average Bonchev–Trinajstić information content (AvgIpc) is 3.28. The highest BCUT2D eigenvalue weighted by Gasteiger charge is 2.32. The smallest absolute Gasteiger partial charge is 0.258 e. The van der Waals surface area contributed by atoms with E-state index in [1.54, 1.807) is 12.1 Å². The fourth-order valence-corrected chi connectivity index (χ4v) is 5.63. The van der Waals surface area contributed by atoms with Crippen molar-refractivity contribution in [1.82, 2.24) is 4.57 Å². The molecule has 1 aromatic heterocycles. The number of hydrogen-bond donors (Lipinski definition) is 3. The molecule has 7 heteroatoms. The van der Waals surface area contributed by atoms with Gasteiger partial charge in [-0.15, -0.1) is 0 Å². The number of ether oxygens (including phenoxy) is 1. The molecule has 3 aromatic carbocycles. The maximum atomic E-state index is 14.1. The molecule has 0 aliphatic carbocycles. The molecule has 0 saturated carbocycles. The van der Waals surface area contributed by atoms with Gasteiger partial charge in [-0.05, 0) is 66.3 Å². The number of carbonyl (C=O) groups excluding carboxylic acids is 1. The number of carbonyl (C=O) groups is 1. The van der Waals surface area contributed by atoms with Gasteiger partial charge in [-0.2, -0.15) is 0 Å². The lowest BCUT2D eigenvalue weighted by molar-refractivity contribution is -0.190. The fourth-order valence-electron chi connectivity index (χ4n) is 5.63. The quantitative estimate of drug-likeness (QED) is 0.235. The Kier molecular flexibility index (Phi) is 8.45. The van der Waals surface area contributed by atoms with Gasteiger partial charge in [0.2, 0.25) is 0 Å². The first kappa shape index (κ1) is 27.8. The summed E-state index contributed by atoms with van der Waals surface area (Å²) in [6, 6.07) is 25.4. The van der Waals surface area contributed by atoms with Crippen LogP contribution < -0.4 is 5.32 Å². The molecule has 0 spiro atoms. The third-order valence-electron chi connectivity index (χ3n) is 7.32. The van der Waals surface area contributed by atoms with Gasteiger partial charge in [-0.3, -0.25) is 4.79 Å². The Morgan fingerprint density at radius 2 is 1.60 bits per heavy atom. The molecule has 1 aliphatic heterocycles. The van der Waals surface area contributed by atoms with Crippen LogP contribution in [0.15, 0.2) is 84.9 Å². The number of hydrogen-bond acceptors (Lipinski definition) is 4. The van der Waals surface area contributed by atoms with Crippen molar-refractivity contribution in [3.05, 3.63) is 102 Å². The van der Waals surface area contributed by atoms with Gasteiger partial charge >= 0.3 is 0 Å². The summed E-state index contributed by atoms with van der Waals surface area (Å²) in [5, 5.41) is 23.4. The summed E-state index contributed by atoms with van der Waals surface area (Å²) in [4.78, 5) is 14.1. The highest BCUT2D eigenvalue weighted by Crippen LogP contribution is 2.43. The number of aliphatic hydroxyl groups is 2. The van der Waals surface area contributed by atoms with Crippen LogP contribution in [0.3, 0.4) is 0 Å². The summed E-state index contributed by atoms with van der Waals surface area (Å²) < 4.78 is 21.9. The summed E-state index contributed by atoms with van der Waals surface area (Å²) in [6.07, 6.45) is -0.846. The minimum Gasteiger partial charge on any atom is -0.393 e. The third-order valence-corrected chi connectivity index (χ3v) is 7.32. The van der Waals surface area contributed by atoms with Crippen LogP contribution in [0.5, 0.6) is 0 Å². The lowest BCUT2D eigenvalue weighted by Gasteiger charge is -2.31. The topological polar surface area (TPSA) is 83.7 Å². The lowest BCUT2D eigenvalue weighted by Crippen LogP contribution is -2.36. The molecule has 3 atom stereocenters. The summed E-state index contributed by atoms with van der Waals surface area (Å²) in [5.74, 6) is -0.597. The molecule has 4 aromatic rings. The summed E-state index contributed by atoms with van der Waals surface area (Å²) in [7, 11) is 0. The standard InChI is InChI=1S/C33H35FN2O4/c1-21(2)31-30(33(39)35-25-11-7-4-8-12-25)29(22-9-5-3-6-10-22)32(23-13-15-24(34)16-14-23)36(31)18-17-27-19-26(37)20-28(38)40-27/h3-16,21,26-28,37-38H,17-20H2,1-2H3,(H,35,39)/t26-,27?,28?/m1/s1. The van der Waals surface area contributed by atoms with E-state index in [1.165, 1.54) is 12.1 Å². The molecule has 5 rings (SSSR count). The SMILES string of the molecule is CC(C)c1c(C(=O)Nc2ccccc2)c(-c2ccccc2)c(-c2ccc(F)cc2)n1CCC1C[C@@H](O)CC(O)O1. The van der Waals surface area contributed by atoms with Gasteiger partial charge in [0.25, 0.3) is 5.91 Å². The number of aromatic nitrogens is 1. The average molecular weight is 543 g/mol. The van der Waals surface area contributed by atoms with Gasteiger partial charge in [0, 0.05) is 29.9 Å². The van der Waals surface area contributed by atoms with Gasteiger partial charge in [0.05, 0.1) is 23.5 Å². The summed E-state index contributed by atoms with van der Waals surface area (Å²) in [5.41, 5.74) is 5.35. The highest BCUT2D eigenvalue weighted by atomic mass is 19.1. The van der Waals surface area contributed by atoms with Gasteiger partial charge in [0.1, 0.15) is 5.82 Å². The molecule has 1 saturated heterocycles. The van der Waals surface area contributed by atoms with Crippen LogP contribution in [0.2, 0.25) is 0 Å². The molecule has 1 aliphatic rings. The Hall–Kier alpha value is -3.78. The van der Waals surface area contributed by atoms with Crippen LogP contribution in [0.1, 0.15) is 55.1 Å². The number of nitrogens with one attached hydrogen (secondary N) is 1. The third kappa shape index (κ3) is 6.02. The fraction of sp³-hybridized carbons (Fsp3) is 0.303. The number of rotatable bonds is 8. The summed E-state index contributed by atoms with van der Waals surface area (Å²) >= 11 is 0. The molecular formula is C33H35FN2O4. The van der Waals surface area contributed by atoms with Crippen molar-refractivity contribution in [2.24, 2.45) is 0 Å². The van der Waals surface area contributed by atoms with Gasteiger partial charge in [-0.1, -0.05) is 62.4 Å². The first-order valence-corrected chi connectivity index (χ1v) is 13.8. The van der Waals surface area contributed by atoms with Crippen molar-refractivity contribution in [2.45, 2.75) is 64.1 Å². The van der Waals surface area contributed by atoms with E-state index in [4.69, 9.17) is 4.74 Å². The zero-order chi connectivity index (χ0) is 28.2. The van der Waals surface area contributed by atoms with Crippen molar-refractivity contribution in [1.29, 1.82) is 0 Å². The summed E-state index contributed by atoms with van der Waals surface area (Å²) in [6.45, 7) is 4.58. The molecule has 0 radical (unpaired) electrons. The predicted octanol–water partition coefficient (Wildman–Crippen LogP) is 6.59. The second-order valence-electron chi connectivity index (χ2n) is 10.6. The molecule has 1 amide bonds. The lowest BCUT2D eigenvalue weighted by atomic mass is 9.94. The number of anilines is 1. The molecule has 1 fully saturated rings. The number of para-hydroxylation sites is 1. The highest BCUT2D eigenvalue weighted by molar-refractivity contribution is 6.12. The Morgan fingerprint density at radius 3 is 2.23 bits per heavy atom. The number of benzene rings is 3. The van der Waals surface area contributed by atoms with E-state index in [-0.39, 0.29) is 30.2 Å². The Bertz CT molecular complexity index is 1430. The Labute approximate surface area is 234 Å². The predicted molar refractivity (Wildman–Crippen MR) is 154 cm³/mol. The molecule has 208 valence electrons. The van der Waals surface area contributed by atoms with Crippen LogP contribution in [0.4, 0.5) is 10.1 Å². The normalized spacial score (nSPS) is 19.1. The second-order valence-corrected chi connectivity index (χ2v) is 10.6. The van der Waals surface area contributed by atoms with E-state index in [2.05, 4.69) is 23.7 Å². The van der Waals surface area contributed by atoms with Crippen molar-refractivity contribution in [2.75, 3.05) is 5.32 Å². The van der Waals surface area contributed by atoms with Crippen molar-refractivity contribution in [3.8, 4) is 22.4 Å². The van der Waals surface area contributed by atoms with Crippen LogP contribution in [0.25, 0.3) is 22.4 Å². The zero-order valence-electron chi connectivity index (χ0n) is 22.8. The van der Waals surface area contributed by atoms with Crippen molar-refractivity contribution < 1.29 is 24.1 Å². The van der Waals surface area contributed by atoms with E-state index in [0.717, 1.165) is 28.1 Å². The van der Waals surface area contributed by atoms with E-state index < -0.39 is 12.4 Å². The maximum Gasteiger partial charge on any atom is 0.258 e. The van der Waals surface area contributed by atoms with Gasteiger partial charge in [0.15, 0.2) is 6.29 Å². The van der Waals surface area contributed by atoms with E-state index in [9.17, 15) is 19.4 Å². The minimum absolute atomic E-state index is 0.0309. The molecule has 0 bridgehead atoms. The van der Waals surface area contributed by atoms with Gasteiger partial charge < -0.3 is 24.8 Å². The number of aliphatic hydroxyl groups excluding tert-OH is 2. The molecule has 2 heterocycles. The Morgan fingerprint density at radius 1 is 0.950 bits per heavy atom. The van der Waals surface area contributed by atoms with Crippen LogP contribution >= 0.6 is 0 Å². The van der Waals surface area contributed by atoms with E-state index in [0.29, 0.717) is 30.6 Å². The second kappa shape index (κ2) is 12.2. The van der Waals surface area contributed by atoms with E-state index in [1.807, 2.05) is 60.7 Å². The van der Waals surface area contributed by atoms with Crippen LogP contribution in [-0.2, 0) is 11.3 Å².